The van der Waals surface area contributed by atoms with Crippen molar-refractivity contribution >= 4 is 36.6 Å². The summed E-state index contributed by atoms with van der Waals surface area (Å²) in [5.74, 6) is 0.514. The Morgan fingerprint density at radius 3 is 2.38 bits per heavy atom. The minimum atomic E-state index is 0. The maximum Gasteiger partial charge on any atom is 0.234 e. The Labute approximate surface area is 138 Å². The molecule has 0 spiro atoms. The molecule has 2 aliphatic heterocycles. The Balaban J connectivity index is 0.00000200. The summed E-state index contributed by atoms with van der Waals surface area (Å²) in [5.41, 5.74) is 0. The smallest absolute Gasteiger partial charge is 0.234 e. The van der Waals surface area contributed by atoms with Gasteiger partial charge in [0.15, 0.2) is 0 Å². The van der Waals surface area contributed by atoms with Gasteiger partial charge in [-0.25, -0.2) is 0 Å². The molecule has 1 unspecified atom stereocenters. The van der Waals surface area contributed by atoms with Crippen LogP contribution in [0.5, 0.6) is 0 Å². The predicted octanol–water partition coefficient (Wildman–Crippen LogP) is -0.280. The van der Waals surface area contributed by atoms with Crippen LogP contribution in [0.4, 0.5) is 0 Å². The molecule has 6 nitrogen and oxygen atoms in total. The molecular formula is C13H26Cl2N4O2. The van der Waals surface area contributed by atoms with Crippen molar-refractivity contribution in [1.29, 1.82) is 0 Å². The van der Waals surface area contributed by atoms with Crippen molar-refractivity contribution in [1.82, 2.24) is 20.4 Å². The zero-order valence-corrected chi connectivity index (χ0v) is 14.1. The molecule has 0 aliphatic carbocycles. The Morgan fingerprint density at radius 1 is 1.19 bits per heavy atom. The van der Waals surface area contributed by atoms with Crippen LogP contribution in [0.15, 0.2) is 0 Å². The van der Waals surface area contributed by atoms with Crippen molar-refractivity contribution in [2.75, 3.05) is 52.4 Å². The molecule has 8 heteroatoms. The number of hydrogen-bond donors (Lipinski definition) is 2. The Kier molecular flexibility index (Phi) is 9.94. The fourth-order valence-electron chi connectivity index (χ4n) is 2.71. The molecule has 0 aromatic heterocycles. The lowest BCUT2D eigenvalue weighted by atomic mass is 10.1. The van der Waals surface area contributed by atoms with Crippen LogP contribution in [0.25, 0.3) is 0 Å². The number of rotatable bonds is 4. The first-order chi connectivity index (χ1) is 9.20. The van der Waals surface area contributed by atoms with E-state index in [-0.39, 0.29) is 42.5 Å². The van der Waals surface area contributed by atoms with Crippen LogP contribution in [-0.2, 0) is 9.59 Å². The maximum absolute atomic E-state index is 12.2. The van der Waals surface area contributed by atoms with Gasteiger partial charge >= 0.3 is 0 Å². The van der Waals surface area contributed by atoms with Gasteiger partial charge in [-0.05, 0) is 19.9 Å². The largest absolute Gasteiger partial charge is 0.355 e. The van der Waals surface area contributed by atoms with Gasteiger partial charge < -0.3 is 15.5 Å². The molecule has 21 heavy (non-hydrogen) atoms. The van der Waals surface area contributed by atoms with Gasteiger partial charge in [0.25, 0.3) is 0 Å². The molecule has 2 N–H and O–H groups in total. The zero-order chi connectivity index (χ0) is 13.7. The molecule has 2 fully saturated rings. The van der Waals surface area contributed by atoms with Crippen LogP contribution in [0.3, 0.4) is 0 Å². The second kappa shape index (κ2) is 10.2. The van der Waals surface area contributed by atoms with Gasteiger partial charge in [0.1, 0.15) is 0 Å². The molecule has 2 heterocycles. The Bertz CT molecular complexity index is 330. The van der Waals surface area contributed by atoms with Gasteiger partial charge in [-0.1, -0.05) is 0 Å². The summed E-state index contributed by atoms with van der Waals surface area (Å²) in [5, 5.41) is 6.03. The summed E-state index contributed by atoms with van der Waals surface area (Å²) in [6, 6.07) is 0. The lowest BCUT2D eigenvalue weighted by molar-refractivity contribution is -0.136. The molecule has 124 valence electrons. The average Bonchev–Trinajstić information content (AvgIpc) is 2.93. The SMILES string of the molecule is CCNC(=O)CN1CCN(C(=O)C2CCNC2)CC1.Cl.Cl. The number of amides is 2. The summed E-state index contributed by atoms with van der Waals surface area (Å²) in [6.45, 7) is 7.89. The van der Waals surface area contributed by atoms with Gasteiger partial charge in [-0.15, -0.1) is 24.8 Å². The summed E-state index contributed by atoms with van der Waals surface area (Å²) in [6.07, 6.45) is 0.956. The van der Waals surface area contributed by atoms with E-state index >= 15 is 0 Å². The third kappa shape index (κ3) is 5.98. The quantitative estimate of drug-likeness (QED) is 0.738. The van der Waals surface area contributed by atoms with E-state index in [0.29, 0.717) is 13.1 Å². The molecule has 2 saturated heterocycles. The number of likely N-dealkylation sites (N-methyl/N-ethyl adjacent to an activating group) is 1. The highest BCUT2D eigenvalue weighted by atomic mass is 35.5. The third-order valence-electron chi connectivity index (χ3n) is 3.83. The minimum Gasteiger partial charge on any atom is -0.355 e. The van der Waals surface area contributed by atoms with Crippen molar-refractivity contribution in [3.8, 4) is 0 Å². The van der Waals surface area contributed by atoms with Crippen LogP contribution in [-0.4, -0.2) is 74.0 Å². The van der Waals surface area contributed by atoms with Crippen molar-refractivity contribution < 1.29 is 9.59 Å². The first kappa shape index (κ1) is 20.4. The number of piperazine rings is 1. The molecule has 0 aromatic carbocycles. The molecule has 2 aliphatic rings. The van der Waals surface area contributed by atoms with Crippen LogP contribution in [0.2, 0.25) is 0 Å². The van der Waals surface area contributed by atoms with Crippen LogP contribution in [0, 0.1) is 5.92 Å². The van der Waals surface area contributed by atoms with E-state index in [2.05, 4.69) is 15.5 Å². The molecular weight excluding hydrogens is 315 g/mol. The number of halogens is 2. The summed E-state index contributed by atoms with van der Waals surface area (Å²) < 4.78 is 0. The zero-order valence-electron chi connectivity index (χ0n) is 12.5. The molecule has 0 bridgehead atoms. The molecule has 0 radical (unpaired) electrons. The number of nitrogens with one attached hydrogen (secondary N) is 2. The van der Waals surface area contributed by atoms with Crippen molar-refractivity contribution in [2.24, 2.45) is 5.92 Å². The first-order valence-electron chi connectivity index (χ1n) is 7.19. The molecule has 0 saturated carbocycles. The second-order valence-electron chi connectivity index (χ2n) is 5.24. The van der Waals surface area contributed by atoms with E-state index < -0.39 is 0 Å². The number of carbonyl (C=O) groups excluding carboxylic acids is 2. The number of nitrogens with zero attached hydrogens (tertiary/aromatic N) is 2. The van der Waals surface area contributed by atoms with Gasteiger partial charge in [-0.3, -0.25) is 14.5 Å². The summed E-state index contributed by atoms with van der Waals surface area (Å²) in [7, 11) is 0. The molecule has 2 rings (SSSR count). The van der Waals surface area contributed by atoms with Crippen molar-refractivity contribution in [3.63, 3.8) is 0 Å². The highest BCUT2D eigenvalue weighted by molar-refractivity contribution is 5.85. The van der Waals surface area contributed by atoms with Crippen LogP contribution < -0.4 is 10.6 Å². The average molecular weight is 341 g/mol. The van der Waals surface area contributed by atoms with E-state index in [0.717, 1.165) is 45.7 Å². The minimum absolute atomic E-state index is 0. The fraction of sp³-hybridized carbons (Fsp3) is 0.846. The normalized spacial score (nSPS) is 22.1. The van der Waals surface area contributed by atoms with E-state index in [1.54, 1.807) is 0 Å². The van der Waals surface area contributed by atoms with Gasteiger partial charge in [0.05, 0.1) is 12.5 Å². The highest BCUT2D eigenvalue weighted by Gasteiger charge is 2.29. The van der Waals surface area contributed by atoms with Gasteiger partial charge in [0, 0.05) is 39.3 Å². The summed E-state index contributed by atoms with van der Waals surface area (Å²) in [4.78, 5) is 27.8. The van der Waals surface area contributed by atoms with E-state index in [9.17, 15) is 9.59 Å². The molecule has 2 amide bonds. The fourth-order valence-corrected chi connectivity index (χ4v) is 2.71. The first-order valence-corrected chi connectivity index (χ1v) is 7.19. The van der Waals surface area contributed by atoms with E-state index in [4.69, 9.17) is 0 Å². The Hall–Kier alpha value is -0.560. The van der Waals surface area contributed by atoms with Crippen LogP contribution in [0.1, 0.15) is 13.3 Å². The van der Waals surface area contributed by atoms with Crippen molar-refractivity contribution in [2.45, 2.75) is 13.3 Å². The lowest BCUT2D eigenvalue weighted by Gasteiger charge is -2.35. The van der Waals surface area contributed by atoms with Gasteiger partial charge in [-0.2, -0.15) is 0 Å². The Morgan fingerprint density at radius 2 is 1.86 bits per heavy atom. The van der Waals surface area contributed by atoms with Gasteiger partial charge in [0.2, 0.25) is 11.8 Å². The second-order valence-corrected chi connectivity index (χ2v) is 5.24. The monoisotopic (exact) mass is 340 g/mol. The third-order valence-corrected chi connectivity index (χ3v) is 3.83. The molecule has 0 aromatic rings. The predicted molar refractivity (Wildman–Crippen MR) is 87.2 cm³/mol. The molecule has 1 atom stereocenters. The maximum atomic E-state index is 12.2. The number of hydrogen-bond acceptors (Lipinski definition) is 4. The topological polar surface area (TPSA) is 64.7 Å². The van der Waals surface area contributed by atoms with Crippen molar-refractivity contribution in [3.05, 3.63) is 0 Å². The lowest BCUT2D eigenvalue weighted by Crippen LogP contribution is -2.52. The van der Waals surface area contributed by atoms with Crippen LogP contribution >= 0.6 is 24.8 Å². The number of carbonyl (C=O) groups is 2. The van der Waals surface area contributed by atoms with E-state index in [1.807, 2.05) is 11.8 Å². The summed E-state index contributed by atoms with van der Waals surface area (Å²) >= 11 is 0. The van der Waals surface area contributed by atoms with E-state index in [1.165, 1.54) is 0 Å². The highest BCUT2D eigenvalue weighted by Crippen LogP contribution is 2.13. The standard InChI is InChI=1S/C13H24N4O2.2ClH/c1-2-15-12(18)10-16-5-7-17(8-6-16)13(19)11-3-4-14-9-11;;/h11,14H,2-10H2,1H3,(H,15,18);2*1H.